The summed E-state index contributed by atoms with van der Waals surface area (Å²) in [5.41, 5.74) is 15.3. The second-order valence-corrected chi connectivity index (χ2v) is 17.4. The van der Waals surface area contributed by atoms with E-state index in [-0.39, 0.29) is 0 Å². The van der Waals surface area contributed by atoms with Crippen molar-refractivity contribution in [1.29, 1.82) is 0 Å². The first kappa shape index (κ1) is 42.4. The summed E-state index contributed by atoms with van der Waals surface area (Å²) in [4.78, 5) is 38.1. The molecule has 0 unspecified atom stereocenters. The van der Waals surface area contributed by atoms with Crippen molar-refractivity contribution < 1.29 is 18.9 Å². The van der Waals surface area contributed by atoms with Crippen molar-refractivity contribution in [1.82, 2.24) is 39.9 Å². The second-order valence-electron chi connectivity index (χ2n) is 17.4. The minimum atomic E-state index is 0.620. The van der Waals surface area contributed by atoms with Crippen molar-refractivity contribution in [2.75, 3.05) is 28.4 Å². The molecular formula is C60H42N8O4. The van der Waals surface area contributed by atoms with Crippen LogP contribution in [0, 0.1) is 0 Å². The normalized spacial score (nSPS) is 12.1. The molecule has 12 heteroatoms. The maximum absolute atomic E-state index is 6.28. The molecule has 346 valence electrons. The molecule has 0 saturated carbocycles. The lowest BCUT2D eigenvalue weighted by molar-refractivity contribution is 0.420. The van der Waals surface area contributed by atoms with Crippen LogP contribution >= 0.6 is 0 Å². The summed E-state index contributed by atoms with van der Waals surface area (Å²) >= 11 is 0. The molecule has 0 saturated heterocycles. The highest BCUT2D eigenvalue weighted by atomic mass is 16.5. The number of pyridine rings is 4. The Balaban J connectivity index is 1.23. The average Bonchev–Trinajstić information content (AvgIpc) is 4.29. The monoisotopic (exact) mass is 938 g/mol. The van der Waals surface area contributed by atoms with Gasteiger partial charge in [-0.15, -0.1) is 0 Å². The highest BCUT2D eigenvalue weighted by Gasteiger charge is 2.25. The van der Waals surface area contributed by atoms with Gasteiger partial charge in [-0.2, -0.15) is 0 Å². The zero-order valence-electron chi connectivity index (χ0n) is 39.5. The van der Waals surface area contributed by atoms with E-state index in [9.17, 15) is 0 Å². The number of rotatable bonds is 8. The van der Waals surface area contributed by atoms with Crippen molar-refractivity contribution in [3.05, 3.63) is 169 Å². The highest BCUT2D eigenvalue weighted by molar-refractivity contribution is 6.06. The molecule has 4 aromatic carbocycles. The van der Waals surface area contributed by atoms with Crippen LogP contribution in [0.25, 0.3) is 134 Å². The molecule has 72 heavy (non-hydrogen) atoms. The molecule has 0 aliphatic carbocycles. The zero-order valence-corrected chi connectivity index (χ0v) is 39.5. The summed E-state index contributed by atoms with van der Waals surface area (Å²) in [6.45, 7) is 0. The minimum absolute atomic E-state index is 0.620. The van der Waals surface area contributed by atoms with Crippen LogP contribution in [-0.4, -0.2) is 68.3 Å². The molecule has 0 amide bonds. The van der Waals surface area contributed by atoms with Crippen LogP contribution in [0.4, 0.5) is 0 Å². The fourth-order valence-corrected chi connectivity index (χ4v) is 10.4. The first-order valence-corrected chi connectivity index (χ1v) is 23.4. The molecular weight excluding hydrogens is 897 g/mol. The number of aromatic amines is 2. The largest absolute Gasteiger partial charge is 0.494 e. The van der Waals surface area contributed by atoms with Gasteiger partial charge >= 0.3 is 0 Å². The van der Waals surface area contributed by atoms with Crippen LogP contribution in [0.5, 0.6) is 23.0 Å². The van der Waals surface area contributed by atoms with Gasteiger partial charge in [0.1, 0.15) is 22.1 Å². The number of nitrogens with zero attached hydrogens (tertiary/aromatic N) is 6. The Hall–Kier alpha value is -9.68. The molecule has 7 aromatic heterocycles. The van der Waals surface area contributed by atoms with E-state index in [0.717, 1.165) is 110 Å². The molecule has 8 bridgehead atoms. The van der Waals surface area contributed by atoms with Gasteiger partial charge in [0.2, 0.25) is 0 Å². The van der Waals surface area contributed by atoms with Crippen molar-refractivity contribution in [3.63, 3.8) is 0 Å². The van der Waals surface area contributed by atoms with E-state index < -0.39 is 0 Å². The SMILES string of the molecule is COc1c(-c2c3nc(c(-c4ccc5cccnc5c4OC)c4ccc([nH]4)c(-c4ccc5cccnc5c4OC)c4nc(c(-c5ccc6cccnc6c5OC)c5ccc2[nH]5)C=C4)C=C3)ccc2cccnc12. The Morgan fingerprint density at radius 2 is 0.556 bits per heavy atom. The van der Waals surface area contributed by atoms with Gasteiger partial charge in [0, 0.05) is 113 Å². The summed E-state index contributed by atoms with van der Waals surface area (Å²) < 4.78 is 25.1. The predicted molar refractivity (Wildman–Crippen MR) is 288 cm³/mol. The van der Waals surface area contributed by atoms with E-state index in [1.807, 2.05) is 48.5 Å². The van der Waals surface area contributed by atoms with E-state index in [1.165, 1.54) is 0 Å². The van der Waals surface area contributed by atoms with Crippen LogP contribution in [-0.2, 0) is 0 Å². The molecule has 2 aliphatic heterocycles. The van der Waals surface area contributed by atoms with Crippen molar-refractivity contribution >= 4 is 90.0 Å². The molecule has 2 aliphatic rings. The van der Waals surface area contributed by atoms with Gasteiger partial charge in [-0.05, 0) is 97.1 Å². The number of H-pyrrole nitrogens is 2. The molecule has 13 rings (SSSR count). The highest BCUT2D eigenvalue weighted by Crippen LogP contribution is 2.47. The molecule has 0 atom stereocenters. The maximum atomic E-state index is 6.28. The second kappa shape index (κ2) is 17.1. The third kappa shape index (κ3) is 6.68. The Labute approximate surface area is 412 Å². The number of hydrogen-bond donors (Lipinski definition) is 2. The van der Waals surface area contributed by atoms with E-state index >= 15 is 0 Å². The van der Waals surface area contributed by atoms with Crippen molar-refractivity contribution in [2.24, 2.45) is 0 Å². The van der Waals surface area contributed by atoms with Gasteiger partial charge in [0.25, 0.3) is 0 Å². The fraction of sp³-hybridized carbons (Fsp3) is 0.0667. The van der Waals surface area contributed by atoms with Crippen LogP contribution in [0.2, 0.25) is 0 Å². The molecule has 0 fully saturated rings. The third-order valence-electron chi connectivity index (χ3n) is 13.6. The Kier molecular flexibility index (Phi) is 10.1. The summed E-state index contributed by atoms with van der Waals surface area (Å²) in [5.74, 6) is 2.48. The van der Waals surface area contributed by atoms with Gasteiger partial charge in [-0.1, -0.05) is 48.5 Å². The molecule has 9 heterocycles. The van der Waals surface area contributed by atoms with Crippen LogP contribution in [0.1, 0.15) is 22.8 Å². The summed E-state index contributed by atoms with van der Waals surface area (Å²) in [7, 11) is 6.73. The molecule has 0 spiro atoms. The van der Waals surface area contributed by atoms with Gasteiger partial charge < -0.3 is 28.9 Å². The predicted octanol–water partition coefficient (Wildman–Crippen LogP) is 13.6. The fourth-order valence-electron chi connectivity index (χ4n) is 10.4. The standard InChI is InChI=1S/C60H42N8O4/c1-69-57-37(17-13-33-9-5-29-61-53(33)57)49-41-21-23-43(65-41)50(38-18-14-34-10-6-30-62-54(34)58(38)70-2)45-25-27-47(67-45)52(40-20-16-36-12-8-32-64-56(36)60(40)72-4)48-28-26-46(68-48)51(44-24-22-42(49)66-44)39-19-15-35-11-7-31-63-55(35)59(39)71-3/h5-32,65,68H,1-4H3. The Bertz CT molecular complexity index is 3770. The first-order chi connectivity index (χ1) is 35.5. The number of benzene rings is 4. The quantitative estimate of drug-likeness (QED) is 0.151. The maximum Gasteiger partial charge on any atom is 0.153 e. The Morgan fingerprint density at radius 3 is 0.792 bits per heavy atom. The topological polar surface area (TPSA) is 146 Å². The van der Waals surface area contributed by atoms with Crippen LogP contribution in [0.3, 0.4) is 0 Å². The van der Waals surface area contributed by atoms with Gasteiger partial charge in [-0.25, -0.2) is 9.97 Å². The lowest BCUT2D eigenvalue weighted by atomic mass is 10.00. The molecule has 12 nitrogen and oxygen atoms in total. The number of methoxy groups -OCH3 is 4. The molecule has 11 aromatic rings. The average molecular weight is 939 g/mol. The molecule has 2 N–H and O–H groups in total. The van der Waals surface area contributed by atoms with Crippen LogP contribution in [0.15, 0.2) is 146 Å². The first-order valence-electron chi connectivity index (χ1n) is 23.4. The Morgan fingerprint density at radius 1 is 0.306 bits per heavy atom. The minimum Gasteiger partial charge on any atom is -0.494 e. The van der Waals surface area contributed by atoms with Crippen LogP contribution < -0.4 is 18.9 Å². The van der Waals surface area contributed by atoms with E-state index in [4.69, 9.17) is 48.9 Å². The summed E-state index contributed by atoms with van der Waals surface area (Å²) in [6, 6.07) is 40.8. The number of fused-ring (bicyclic) bond motifs is 12. The van der Waals surface area contributed by atoms with Gasteiger partial charge in [0.05, 0.1) is 51.2 Å². The summed E-state index contributed by atoms with van der Waals surface area (Å²) in [5, 5.41) is 3.80. The van der Waals surface area contributed by atoms with Gasteiger partial charge in [-0.3, -0.25) is 19.9 Å². The van der Waals surface area contributed by atoms with Crippen molar-refractivity contribution in [2.45, 2.75) is 0 Å². The number of ether oxygens (including phenoxy) is 4. The van der Waals surface area contributed by atoms with E-state index in [2.05, 4.69) is 107 Å². The third-order valence-corrected chi connectivity index (χ3v) is 13.6. The number of nitrogens with one attached hydrogen (secondary N) is 2. The molecule has 0 radical (unpaired) electrons. The number of aromatic nitrogens is 8. The van der Waals surface area contributed by atoms with E-state index in [1.54, 1.807) is 53.2 Å². The number of hydrogen-bond acceptors (Lipinski definition) is 10. The smallest absolute Gasteiger partial charge is 0.153 e. The zero-order chi connectivity index (χ0) is 48.5. The summed E-state index contributed by atoms with van der Waals surface area (Å²) in [6.07, 6.45) is 15.4. The van der Waals surface area contributed by atoms with E-state index in [0.29, 0.717) is 45.8 Å². The van der Waals surface area contributed by atoms with Crippen molar-refractivity contribution in [3.8, 4) is 67.5 Å². The van der Waals surface area contributed by atoms with Gasteiger partial charge in [0.15, 0.2) is 23.0 Å². The lowest BCUT2D eigenvalue weighted by Crippen LogP contribution is -1.96. The lowest BCUT2D eigenvalue weighted by Gasteiger charge is -2.14.